The van der Waals surface area contributed by atoms with Crippen molar-refractivity contribution in [2.24, 2.45) is 0 Å². The van der Waals surface area contributed by atoms with Gasteiger partial charge in [0.25, 0.3) is 0 Å². The van der Waals surface area contributed by atoms with Gasteiger partial charge in [-0.05, 0) is 28.1 Å². The largest absolute Gasteiger partial charge is 0.304 e. The van der Waals surface area contributed by atoms with E-state index in [1.807, 2.05) is 18.2 Å². The summed E-state index contributed by atoms with van der Waals surface area (Å²) in [7, 11) is 0. The molecule has 7 heteroatoms. The van der Waals surface area contributed by atoms with E-state index in [-0.39, 0.29) is 0 Å². The van der Waals surface area contributed by atoms with Crippen LogP contribution in [0.1, 0.15) is 11.5 Å². The number of nitrogens with zero attached hydrogens (tertiary/aromatic N) is 4. The Morgan fingerprint density at radius 3 is 3.00 bits per heavy atom. The van der Waals surface area contributed by atoms with Crippen LogP contribution in [0.4, 0.5) is 0 Å². The quantitative estimate of drug-likeness (QED) is 0.796. The lowest BCUT2D eigenvalue weighted by atomic mass is 10.3. The number of tetrazole rings is 1. The molecule has 0 fully saturated rings. The van der Waals surface area contributed by atoms with Gasteiger partial charge in [0.1, 0.15) is 4.60 Å². The first-order valence-electron chi connectivity index (χ1n) is 4.39. The average Bonchev–Trinajstić information content (AvgIpc) is 2.71. The Labute approximate surface area is 94.6 Å². The number of aromatic nitrogens is 5. The molecule has 6 nitrogen and oxygen atoms in total. The van der Waals surface area contributed by atoms with Gasteiger partial charge in [-0.25, -0.2) is 4.98 Å². The Morgan fingerprint density at radius 1 is 1.33 bits per heavy atom. The van der Waals surface area contributed by atoms with Gasteiger partial charge in [-0.1, -0.05) is 11.3 Å². The van der Waals surface area contributed by atoms with E-state index in [1.165, 1.54) is 0 Å². The summed E-state index contributed by atoms with van der Waals surface area (Å²) in [6.07, 6.45) is 0. The Hall–Kier alpha value is -1.34. The molecule has 0 spiro atoms. The van der Waals surface area contributed by atoms with Crippen LogP contribution >= 0.6 is 15.9 Å². The number of nitrogens with one attached hydrogen (secondary N) is 2. The van der Waals surface area contributed by atoms with Crippen LogP contribution in [0.25, 0.3) is 0 Å². The fourth-order valence-corrected chi connectivity index (χ4v) is 1.49. The molecule has 0 aliphatic carbocycles. The molecule has 2 aromatic rings. The maximum Gasteiger partial charge on any atom is 0.188 e. The second-order valence-corrected chi connectivity index (χ2v) is 3.70. The van der Waals surface area contributed by atoms with Crippen molar-refractivity contribution >= 4 is 15.9 Å². The van der Waals surface area contributed by atoms with Gasteiger partial charge in [-0.3, -0.25) is 0 Å². The minimum Gasteiger partial charge on any atom is -0.304 e. The highest BCUT2D eigenvalue weighted by atomic mass is 79.9. The molecule has 2 N–H and O–H groups in total. The van der Waals surface area contributed by atoms with Gasteiger partial charge < -0.3 is 5.32 Å². The number of H-pyrrole nitrogens is 1. The summed E-state index contributed by atoms with van der Waals surface area (Å²) < 4.78 is 0.835. The molecule has 2 rings (SSSR count). The number of aromatic amines is 1. The van der Waals surface area contributed by atoms with Gasteiger partial charge >= 0.3 is 0 Å². The highest BCUT2D eigenvalue weighted by molar-refractivity contribution is 9.10. The fourth-order valence-electron chi connectivity index (χ4n) is 1.11. The van der Waals surface area contributed by atoms with E-state index < -0.39 is 0 Å². The van der Waals surface area contributed by atoms with E-state index in [4.69, 9.17) is 0 Å². The first-order chi connectivity index (χ1) is 7.34. The van der Waals surface area contributed by atoms with E-state index in [1.54, 1.807) is 0 Å². The van der Waals surface area contributed by atoms with E-state index >= 15 is 0 Å². The van der Waals surface area contributed by atoms with Gasteiger partial charge in [0.15, 0.2) is 5.82 Å². The molecule has 78 valence electrons. The van der Waals surface area contributed by atoms with Crippen LogP contribution < -0.4 is 5.32 Å². The van der Waals surface area contributed by atoms with Crippen molar-refractivity contribution in [2.45, 2.75) is 13.1 Å². The van der Waals surface area contributed by atoms with Crippen molar-refractivity contribution in [1.29, 1.82) is 0 Å². The molecule has 2 heterocycles. The highest BCUT2D eigenvalue weighted by Crippen LogP contribution is 2.05. The van der Waals surface area contributed by atoms with Crippen LogP contribution in [0.2, 0.25) is 0 Å². The predicted octanol–water partition coefficient (Wildman–Crippen LogP) is 0.647. The normalized spacial score (nSPS) is 10.5. The summed E-state index contributed by atoms with van der Waals surface area (Å²) in [5.41, 5.74) is 0.966. The molecule has 0 unspecified atom stereocenters. The fraction of sp³-hybridized carbons (Fsp3) is 0.250. The molecule has 0 aliphatic heterocycles. The maximum atomic E-state index is 4.28. The topological polar surface area (TPSA) is 79.4 Å². The number of pyridine rings is 1. The second-order valence-electron chi connectivity index (χ2n) is 2.88. The number of halogens is 1. The van der Waals surface area contributed by atoms with Gasteiger partial charge in [0.2, 0.25) is 0 Å². The first kappa shape index (κ1) is 10.2. The van der Waals surface area contributed by atoms with Gasteiger partial charge in [0, 0.05) is 6.54 Å². The zero-order chi connectivity index (χ0) is 10.5. The lowest BCUT2D eigenvalue weighted by Gasteiger charge is -2.01. The van der Waals surface area contributed by atoms with Crippen molar-refractivity contribution in [3.05, 3.63) is 34.3 Å². The van der Waals surface area contributed by atoms with Crippen molar-refractivity contribution < 1.29 is 0 Å². The molecule has 0 saturated heterocycles. The Kier molecular flexibility index (Phi) is 3.36. The first-order valence-corrected chi connectivity index (χ1v) is 5.18. The van der Waals surface area contributed by atoms with Gasteiger partial charge in [-0.15, -0.1) is 10.2 Å². The molecule has 0 bridgehead atoms. The monoisotopic (exact) mass is 268 g/mol. The Bertz CT molecular complexity index is 415. The van der Waals surface area contributed by atoms with E-state index in [2.05, 4.69) is 46.9 Å². The van der Waals surface area contributed by atoms with Crippen LogP contribution in [0.5, 0.6) is 0 Å². The second kappa shape index (κ2) is 4.94. The summed E-state index contributed by atoms with van der Waals surface area (Å²) >= 11 is 3.31. The predicted molar refractivity (Wildman–Crippen MR) is 56.7 cm³/mol. The van der Waals surface area contributed by atoms with Crippen molar-refractivity contribution in [2.75, 3.05) is 0 Å². The van der Waals surface area contributed by atoms with Crippen molar-refractivity contribution in [3.63, 3.8) is 0 Å². The minimum atomic E-state index is 0.574. The molecule has 0 aliphatic rings. The summed E-state index contributed by atoms with van der Waals surface area (Å²) in [5, 5.41) is 16.7. The third kappa shape index (κ3) is 3.07. The van der Waals surface area contributed by atoms with E-state index in [0.717, 1.165) is 10.3 Å². The zero-order valence-corrected chi connectivity index (χ0v) is 9.40. The van der Waals surface area contributed by atoms with Gasteiger partial charge in [-0.2, -0.15) is 5.21 Å². The standard InChI is InChI=1S/C8H9BrN6/c9-7-3-1-2-6(11-7)4-10-5-8-12-14-15-13-8/h1-3,10H,4-5H2,(H,12,13,14,15). The molecular weight excluding hydrogens is 260 g/mol. The van der Waals surface area contributed by atoms with Crippen LogP contribution in [0.3, 0.4) is 0 Å². The molecule has 0 aromatic carbocycles. The van der Waals surface area contributed by atoms with Crippen LogP contribution in [-0.4, -0.2) is 25.6 Å². The summed E-state index contributed by atoms with van der Waals surface area (Å²) in [4.78, 5) is 4.28. The molecular formula is C8H9BrN6. The third-order valence-electron chi connectivity index (χ3n) is 1.75. The van der Waals surface area contributed by atoms with E-state index in [0.29, 0.717) is 18.9 Å². The van der Waals surface area contributed by atoms with E-state index in [9.17, 15) is 0 Å². The lowest BCUT2D eigenvalue weighted by molar-refractivity contribution is 0.652. The van der Waals surface area contributed by atoms with Crippen LogP contribution in [0.15, 0.2) is 22.8 Å². The Balaban J connectivity index is 1.83. The zero-order valence-electron chi connectivity index (χ0n) is 7.81. The maximum absolute atomic E-state index is 4.28. The van der Waals surface area contributed by atoms with Crippen molar-refractivity contribution in [1.82, 2.24) is 30.9 Å². The lowest BCUT2D eigenvalue weighted by Crippen LogP contribution is -2.14. The molecule has 15 heavy (non-hydrogen) atoms. The molecule has 0 amide bonds. The summed E-state index contributed by atoms with van der Waals surface area (Å²) in [6, 6.07) is 5.79. The third-order valence-corrected chi connectivity index (χ3v) is 2.19. The summed E-state index contributed by atoms with van der Waals surface area (Å²) in [5.74, 6) is 0.644. The SMILES string of the molecule is Brc1cccc(CNCc2nn[nH]n2)n1. The van der Waals surface area contributed by atoms with Crippen molar-refractivity contribution in [3.8, 4) is 0 Å². The van der Waals surface area contributed by atoms with Crippen LogP contribution in [-0.2, 0) is 13.1 Å². The Morgan fingerprint density at radius 2 is 2.27 bits per heavy atom. The summed E-state index contributed by atoms with van der Waals surface area (Å²) in [6.45, 7) is 1.25. The molecule has 0 radical (unpaired) electrons. The van der Waals surface area contributed by atoms with Crippen LogP contribution in [0, 0.1) is 0 Å². The smallest absolute Gasteiger partial charge is 0.188 e. The average molecular weight is 269 g/mol. The number of hydrogen-bond acceptors (Lipinski definition) is 5. The number of hydrogen-bond donors (Lipinski definition) is 2. The van der Waals surface area contributed by atoms with Gasteiger partial charge in [0.05, 0.1) is 12.2 Å². The molecule has 2 aromatic heterocycles. The number of rotatable bonds is 4. The highest BCUT2D eigenvalue weighted by Gasteiger charge is 1.98. The molecule has 0 atom stereocenters. The minimum absolute atomic E-state index is 0.574. The molecule has 0 saturated carbocycles.